The van der Waals surface area contributed by atoms with Crippen LogP contribution in [0.1, 0.15) is 0 Å². The van der Waals surface area contributed by atoms with E-state index in [1.807, 2.05) is 0 Å². The fraction of sp³-hybridized carbons (Fsp3) is 1.00. The van der Waals surface area contributed by atoms with E-state index < -0.39 is 0 Å². The summed E-state index contributed by atoms with van der Waals surface area (Å²) in [6.45, 7) is 0.573. The van der Waals surface area contributed by atoms with Crippen LogP contribution < -0.4 is 0 Å². The maximum absolute atomic E-state index is 7.93. The molecule has 1 N–H and O–H groups in total. The number of nitrogens with zero attached hydrogens (tertiary/aromatic N) is 1. The van der Waals surface area contributed by atoms with Gasteiger partial charge in [-0.15, -0.1) is 0 Å². The van der Waals surface area contributed by atoms with Crippen molar-refractivity contribution in [2.24, 2.45) is 3.96 Å². The van der Waals surface area contributed by atoms with E-state index in [0.717, 1.165) is 0 Å². The predicted octanol–water partition coefficient (Wildman–Crippen LogP) is -0.291. The van der Waals surface area contributed by atoms with Crippen LogP contribution in [0.5, 0.6) is 0 Å². The van der Waals surface area contributed by atoms with Crippen molar-refractivity contribution in [1.29, 1.82) is 0 Å². The Hall–Kier alpha value is 0.279. The van der Waals surface area contributed by atoms with Gasteiger partial charge in [0, 0.05) is 0 Å². The summed E-state index contributed by atoms with van der Waals surface area (Å²) in [4.78, 5) is 0. The van der Waals surface area contributed by atoms with E-state index in [1.54, 1.807) is 0 Å². The molecule has 0 aromatic carbocycles. The third kappa shape index (κ3) is 4.28. The van der Waals surface area contributed by atoms with E-state index in [4.69, 9.17) is 5.11 Å². The van der Waals surface area contributed by atoms with Gasteiger partial charge in [-0.05, 0) is 0 Å². The van der Waals surface area contributed by atoms with Crippen LogP contribution >= 0.6 is 0 Å². The second-order valence-corrected chi connectivity index (χ2v) is 0.908. The van der Waals surface area contributed by atoms with Gasteiger partial charge < -0.3 is 0 Å². The average molecular weight is 115 g/mol. The second-order valence-electron chi connectivity index (χ2n) is 0.559. The molecule has 0 aliphatic heterocycles. The molecule has 0 unspecified atom stereocenters. The van der Waals surface area contributed by atoms with Crippen molar-refractivity contribution in [1.82, 2.24) is 0 Å². The molecule has 0 saturated carbocycles. The molecule has 0 heterocycles. The summed E-state index contributed by atoms with van der Waals surface area (Å²) in [6, 6.07) is 0. The van der Waals surface area contributed by atoms with E-state index in [2.05, 4.69) is 19.8 Å². The molecule has 0 radical (unpaired) electrons. The molecule has 0 saturated heterocycles. The summed E-state index contributed by atoms with van der Waals surface area (Å²) >= 11 is 3.14. The Morgan fingerprint density at radius 2 is 2.40 bits per heavy atom. The van der Waals surface area contributed by atoms with Crippen LogP contribution in [0.4, 0.5) is 0 Å². The normalized spacial score (nSPS) is 7.60. The van der Waals surface area contributed by atoms with Gasteiger partial charge in [0.05, 0.1) is 0 Å². The fourth-order valence-corrected chi connectivity index (χ4v) is 0.146. The second kappa shape index (κ2) is 4.28. The van der Waals surface area contributed by atoms with E-state index in [9.17, 15) is 0 Å². The van der Waals surface area contributed by atoms with Crippen molar-refractivity contribution < 1.29 is 20.9 Å². The van der Waals surface area contributed by atoms with Crippen molar-refractivity contribution in [2.45, 2.75) is 0 Å². The van der Waals surface area contributed by atoms with Gasteiger partial charge >= 0.3 is 38.0 Å². The molecule has 0 amide bonds. The third-order valence-electron chi connectivity index (χ3n) is 0.179. The van der Waals surface area contributed by atoms with Gasteiger partial charge in [0.15, 0.2) is 0 Å². The van der Waals surface area contributed by atoms with Gasteiger partial charge in [-0.3, -0.25) is 0 Å². The Labute approximate surface area is 38.8 Å². The molecule has 0 fully saturated rings. The van der Waals surface area contributed by atoms with Gasteiger partial charge in [0.2, 0.25) is 0 Å². The molecular formula is C2H5FeNO. The first-order valence-corrected chi connectivity index (χ1v) is 1.78. The van der Waals surface area contributed by atoms with Crippen LogP contribution in [-0.4, -0.2) is 18.3 Å². The first-order chi connectivity index (χ1) is 2.41. The molecule has 0 atom stereocenters. The monoisotopic (exact) mass is 115 g/mol. The van der Waals surface area contributed by atoms with Gasteiger partial charge in [-0.1, -0.05) is 0 Å². The molecule has 0 aromatic heterocycles. The van der Waals surface area contributed by atoms with Gasteiger partial charge in [-0.2, -0.15) is 0 Å². The van der Waals surface area contributed by atoms with Crippen LogP contribution in [-0.2, 0) is 15.8 Å². The van der Waals surface area contributed by atoms with E-state index in [1.165, 1.54) is 0 Å². The zero-order chi connectivity index (χ0) is 4.12. The summed E-state index contributed by atoms with van der Waals surface area (Å²) in [5.74, 6) is 0. The Morgan fingerprint density at radius 1 is 1.80 bits per heavy atom. The van der Waals surface area contributed by atoms with Crippen LogP contribution in [0.25, 0.3) is 0 Å². The van der Waals surface area contributed by atoms with Crippen molar-refractivity contribution in [3.05, 3.63) is 0 Å². The first kappa shape index (κ1) is 5.28. The van der Waals surface area contributed by atoms with Crippen LogP contribution in [0.15, 0.2) is 3.96 Å². The standard InChI is InChI=1S/C2H5NO.Fe/c3-1-2-4;/h4H,1-2H2;. The van der Waals surface area contributed by atoms with Crippen LogP contribution in [0.3, 0.4) is 0 Å². The summed E-state index contributed by atoms with van der Waals surface area (Å²) < 4.78 is 3.35. The third-order valence-corrected chi connectivity index (χ3v) is 0.426. The quantitative estimate of drug-likeness (QED) is 0.492. The van der Waals surface area contributed by atoms with Crippen molar-refractivity contribution >= 4 is 0 Å². The topological polar surface area (TPSA) is 32.6 Å². The Balaban J connectivity index is 2.40. The SMILES string of the molecule is OCC[N]=[Fe]. The molecule has 0 aromatic rings. The van der Waals surface area contributed by atoms with Crippen LogP contribution in [0.2, 0.25) is 0 Å². The first-order valence-electron chi connectivity index (χ1n) is 1.29. The molecule has 0 aliphatic carbocycles. The fourth-order valence-electron chi connectivity index (χ4n) is 0.0354. The van der Waals surface area contributed by atoms with E-state index in [-0.39, 0.29) is 6.61 Å². The van der Waals surface area contributed by atoms with Gasteiger partial charge in [0.1, 0.15) is 0 Å². The Morgan fingerprint density at radius 3 is 2.40 bits per heavy atom. The van der Waals surface area contributed by atoms with Crippen LogP contribution in [0, 0.1) is 0 Å². The molecular weight excluding hydrogens is 110 g/mol. The van der Waals surface area contributed by atoms with Gasteiger partial charge in [-0.25, -0.2) is 0 Å². The molecule has 2 nitrogen and oxygen atoms in total. The van der Waals surface area contributed by atoms with E-state index >= 15 is 0 Å². The molecule has 3 heteroatoms. The van der Waals surface area contributed by atoms with E-state index in [0.29, 0.717) is 6.54 Å². The molecule has 0 aliphatic rings. The van der Waals surface area contributed by atoms with Crippen molar-refractivity contribution in [2.75, 3.05) is 13.2 Å². The Bertz CT molecular complexity index is 30.8. The summed E-state index contributed by atoms with van der Waals surface area (Å²) in [5.41, 5.74) is 0. The summed E-state index contributed by atoms with van der Waals surface area (Å²) in [6.07, 6.45) is 0. The molecule has 0 bridgehead atoms. The molecule has 32 valence electrons. The predicted molar refractivity (Wildman–Crippen MR) is 14.4 cm³/mol. The average Bonchev–Trinajstić information content (AvgIpc) is 1.41. The van der Waals surface area contributed by atoms with Crippen molar-refractivity contribution in [3.63, 3.8) is 0 Å². The minimum atomic E-state index is 0.115. The van der Waals surface area contributed by atoms with Gasteiger partial charge in [0.25, 0.3) is 0 Å². The molecule has 0 rings (SSSR count). The maximum atomic E-state index is 7.93. The molecule has 5 heavy (non-hydrogen) atoms. The van der Waals surface area contributed by atoms with Crippen molar-refractivity contribution in [3.8, 4) is 0 Å². The summed E-state index contributed by atoms with van der Waals surface area (Å²) in [5, 5.41) is 7.93. The number of rotatable bonds is 2. The number of aliphatic hydroxyl groups is 1. The summed E-state index contributed by atoms with van der Waals surface area (Å²) in [7, 11) is 0. The number of hydrogen-bond donors (Lipinski definition) is 1. The minimum absolute atomic E-state index is 0.115. The zero-order valence-electron chi connectivity index (χ0n) is 2.66. The number of hydrogen-bond acceptors (Lipinski definition) is 2. The Kier molecular flexibility index (Phi) is 4.52. The zero-order valence-corrected chi connectivity index (χ0v) is 3.77. The molecule has 0 spiro atoms. The number of aliphatic hydroxyl groups excluding tert-OH is 1.